The summed E-state index contributed by atoms with van der Waals surface area (Å²) in [5, 5.41) is 28.8. The van der Waals surface area contributed by atoms with Crippen LogP contribution in [0, 0.1) is 0 Å². The maximum Gasteiger partial charge on any atom is 0.490 e. The summed E-state index contributed by atoms with van der Waals surface area (Å²) >= 11 is 0. The van der Waals surface area contributed by atoms with Crippen LogP contribution in [0.5, 0.6) is 0 Å². The lowest BCUT2D eigenvalue weighted by Gasteiger charge is -2.40. The lowest BCUT2D eigenvalue weighted by Crippen LogP contribution is -2.48. The Hall–Kier alpha value is -2.42. The van der Waals surface area contributed by atoms with Crippen LogP contribution in [0.4, 0.5) is 26.3 Å². The highest BCUT2D eigenvalue weighted by Crippen LogP contribution is 2.51. The van der Waals surface area contributed by atoms with E-state index < -0.39 is 24.3 Å². The van der Waals surface area contributed by atoms with Crippen LogP contribution in [0.1, 0.15) is 30.0 Å². The first kappa shape index (κ1) is 30.6. The zero-order chi connectivity index (χ0) is 27.0. The SMILES string of the molecule is COCCN(C)[C@@H]1c2ccccc2C2(CCNCC2)[C@H]1O.O=C(O)C(F)(F)F.O=C(O)C(F)(F)F. The Bertz CT molecular complexity index is 818. The normalized spacial score (nSPS) is 20.9. The van der Waals surface area contributed by atoms with Crippen LogP contribution < -0.4 is 5.32 Å². The second-order valence-electron chi connectivity index (χ2n) is 7.96. The number of ether oxygens (including phenoxy) is 1. The number of likely N-dealkylation sites (N-methyl/N-ethyl adjacent to an activating group) is 1. The molecule has 1 aromatic rings. The van der Waals surface area contributed by atoms with Gasteiger partial charge in [0.1, 0.15) is 0 Å². The standard InChI is InChI=1S/C17H26N2O2.2C2HF3O2/c1-19(11-12-21-2)15-13-5-3-4-6-14(13)17(16(15)20)7-9-18-10-8-17;2*3-2(4,5)1(6)7/h3-6,15-16,18,20H,7-12H2,1-2H3;2*(H,6,7)/t15-,16+;;/m1../s1. The Morgan fingerprint density at radius 2 is 1.51 bits per heavy atom. The highest BCUT2D eigenvalue weighted by atomic mass is 19.4. The summed E-state index contributed by atoms with van der Waals surface area (Å²) < 4.78 is 68.7. The van der Waals surface area contributed by atoms with Crippen molar-refractivity contribution in [2.45, 2.75) is 42.8 Å². The molecule has 4 N–H and O–H groups in total. The molecule has 0 radical (unpaired) electrons. The van der Waals surface area contributed by atoms with Crippen molar-refractivity contribution in [2.24, 2.45) is 0 Å². The number of carboxylic acids is 2. The number of halogens is 6. The molecule has 1 aliphatic carbocycles. The fraction of sp³-hybridized carbons (Fsp3) is 0.619. The number of carboxylic acid groups (broad SMARTS) is 2. The Morgan fingerprint density at radius 1 is 1.06 bits per heavy atom. The van der Waals surface area contributed by atoms with Gasteiger partial charge in [0.2, 0.25) is 0 Å². The molecule has 1 heterocycles. The summed E-state index contributed by atoms with van der Waals surface area (Å²) in [6.07, 6.45) is -8.47. The molecule has 0 saturated carbocycles. The van der Waals surface area contributed by atoms with E-state index in [-0.39, 0.29) is 17.6 Å². The third-order valence-corrected chi connectivity index (χ3v) is 5.78. The Kier molecular flexibility index (Phi) is 10.9. The maximum atomic E-state index is 11.1. The van der Waals surface area contributed by atoms with E-state index in [1.165, 1.54) is 11.1 Å². The van der Waals surface area contributed by atoms with Gasteiger partial charge in [0.15, 0.2) is 0 Å². The fourth-order valence-corrected chi connectivity index (χ4v) is 4.13. The minimum absolute atomic E-state index is 0.0756. The van der Waals surface area contributed by atoms with Crippen molar-refractivity contribution in [2.75, 3.05) is 40.4 Å². The van der Waals surface area contributed by atoms with Crippen molar-refractivity contribution < 1.29 is 56.0 Å². The lowest BCUT2D eigenvalue weighted by atomic mass is 9.72. The molecule has 0 aromatic heterocycles. The number of aliphatic hydroxyl groups excluding tert-OH is 1. The number of methoxy groups -OCH3 is 1. The van der Waals surface area contributed by atoms with E-state index in [2.05, 4.69) is 41.5 Å². The molecule has 0 amide bonds. The zero-order valence-corrected chi connectivity index (χ0v) is 19.0. The predicted octanol–water partition coefficient (Wildman–Crippen LogP) is 2.57. The molecule has 8 nitrogen and oxygen atoms in total. The minimum Gasteiger partial charge on any atom is -0.475 e. The Labute approximate surface area is 197 Å². The van der Waals surface area contributed by atoms with Crippen LogP contribution in [-0.4, -0.2) is 91.0 Å². The fourth-order valence-electron chi connectivity index (χ4n) is 4.13. The van der Waals surface area contributed by atoms with E-state index in [0.717, 1.165) is 32.5 Å². The molecular formula is C21H28F6N2O6. The van der Waals surface area contributed by atoms with Crippen LogP contribution in [0.15, 0.2) is 24.3 Å². The quantitative estimate of drug-likeness (QED) is 0.450. The van der Waals surface area contributed by atoms with E-state index in [1.807, 2.05) is 0 Å². The number of hydrogen-bond acceptors (Lipinski definition) is 6. The Balaban J connectivity index is 0.000000362. The summed E-state index contributed by atoms with van der Waals surface area (Å²) in [5.41, 5.74) is 2.58. The number of aliphatic carboxylic acids is 2. The van der Waals surface area contributed by atoms with Crippen molar-refractivity contribution in [1.29, 1.82) is 0 Å². The number of hydrogen-bond donors (Lipinski definition) is 4. The number of alkyl halides is 6. The molecule has 0 bridgehead atoms. The van der Waals surface area contributed by atoms with Crippen molar-refractivity contribution in [1.82, 2.24) is 10.2 Å². The van der Waals surface area contributed by atoms with Gasteiger partial charge >= 0.3 is 24.3 Å². The van der Waals surface area contributed by atoms with Gasteiger partial charge in [-0.15, -0.1) is 0 Å². The molecule has 1 fully saturated rings. The minimum atomic E-state index is -5.08. The first-order chi connectivity index (χ1) is 16.1. The third kappa shape index (κ3) is 8.05. The van der Waals surface area contributed by atoms with Gasteiger partial charge in [-0.2, -0.15) is 26.3 Å². The van der Waals surface area contributed by atoms with Crippen molar-refractivity contribution in [3.8, 4) is 0 Å². The molecule has 1 aromatic carbocycles. The molecule has 1 spiro atoms. The Morgan fingerprint density at radius 3 is 1.94 bits per heavy atom. The monoisotopic (exact) mass is 518 g/mol. The average Bonchev–Trinajstić information content (AvgIpc) is 3.00. The van der Waals surface area contributed by atoms with Crippen LogP contribution >= 0.6 is 0 Å². The molecule has 2 atom stereocenters. The second kappa shape index (κ2) is 12.5. The second-order valence-corrected chi connectivity index (χ2v) is 7.96. The highest BCUT2D eigenvalue weighted by molar-refractivity contribution is 5.73. The number of fused-ring (bicyclic) bond motifs is 2. The number of aliphatic hydroxyl groups is 1. The number of rotatable bonds is 4. The summed E-state index contributed by atoms with van der Waals surface area (Å²) in [4.78, 5) is 20.0. The molecule has 3 rings (SSSR count). The molecule has 1 saturated heterocycles. The summed E-state index contributed by atoms with van der Waals surface area (Å²) in [6, 6.07) is 8.67. The number of nitrogens with zero attached hydrogens (tertiary/aromatic N) is 1. The third-order valence-electron chi connectivity index (χ3n) is 5.78. The van der Waals surface area contributed by atoms with Crippen LogP contribution in [0.3, 0.4) is 0 Å². The van der Waals surface area contributed by atoms with Crippen molar-refractivity contribution in [3.05, 3.63) is 35.4 Å². The van der Waals surface area contributed by atoms with Crippen molar-refractivity contribution in [3.63, 3.8) is 0 Å². The predicted molar refractivity (Wildman–Crippen MR) is 111 cm³/mol. The van der Waals surface area contributed by atoms with Gasteiger partial charge in [0.05, 0.1) is 18.8 Å². The average molecular weight is 518 g/mol. The summed E-state index contributed by atoms with van der Waals surface area (Å²) in [5.74, 6) is -5.51. The number of carbonyl (C=O) groups is 2. The first-order valence-electron chi connectivity index (χ1n) is 10.4. The number of nitrogens with one attached hydrogen (secondary N) is 1. The van der Waals surface area contributed by atoms with E-state index in [0.29, 0.717) is 6.61 Å². The zero-order valence-electron chi connectivity index (χ0n) is 19.0. The number of benzene rings is 1. The largest absolute Gasteiger partial charge is 0.490 e. The van der Waals surface area contributed by atoms with E-state index in [9.17, 15) is 31.4 Å². The molecule has 2 aliphatic rings. The molecule has 200 valence electrons. The smallest absolute Gasteiger partial charge is 0.475 e. The highest BCUT2D eigenvalue weighted by Gasteiger charge is 2.52. The van der Waals surface area contributed by atoms with Gasteiger partial charge in [-0.05, 0) is 44.1 Å². The maximum absolute atomic E-state index is 11.1. The van der Waals surface area contributed by atoms with E-state index in [4.69, 9.17) is 24.5 Å². The van der Waals surface area contributed by atoms with Gasteiger partial charge in [0, 0.05) is 19.1 Å². The topological polar surface area (TPSA) is 119 Å². The summed E-state index contributed by atoms with van der Waals surface area (Å²) in [7, 11) is 3.81. The van der Waals surface area contributed by atoms with E-state index in [1.54, 1.807) is 7.11 Å². The molecule has 35 heavy (non-hydrogen) atoms. The molecule has 14 heteroatoms. The van der Waals surface area contributed by atoms with Gasteiger partial charge < -0.3 is 25.4 Å². The lowest BCUT2D eigenvalue weighted by molar-refractivity contribution is -0.193. The van der Waals surface area contributed by atoms with Gasteiger partial charge in [-0.1, -0.05) is 24.3 Å². The van der Waals surface area contributed by atoms with Crippen LogP contribution in [0.25, 0.3) is 0 Å². The van der Waals surface area contributed by atoms with Gasteiger partial charge in [-0.25, -0.2) is 9.59 Å². The van der Waals surface area contributed by atoms with Crippen molar-refractivity contribution >= 4 is 11.9 Å². The molecule has 0 unspecified atom stereocenters. The first-order valence-corrected chi connectivity index (χ1v) is 10.4. The summed E-state index contributed by atoms with van der Waals surface area (Å²) in [6.45, 7) is 3.50. The van der Waals surface area contributed by atoms with Crippen LogP contribution in [-0.2, 0) is 19.7 Å². The molecular weight excluding hydrogens is 490 g/mol. The van der Waals surface area contributed by atoms with E-state index >= 15 is 0 Å². The number of piperidine rings is 1. The van der Waals surface area contributed by atoms with Crippen LogP contribution in [0.2, 0.25) is 0 Å². The molecule has 1 aliphatic heterocycles. The van der Waals surface area contributed by atoms with Gasteiger partial charge in [-0.3, -0.25) is 4.90 Å². The van der Waals surface area contributed by atoms with Gasteiger partial charge in [0.25, 0.3) is 0 Å².